The number of hydrogen-bond acceptors (Lipinski definition) is 5. The minimum Gasteiger partial charge on any atom is -0.508 e. The van der Waals surface area contributed by atoms with Crippen molar-refractivity contribution in [2.24, 2.45) is 0 Å². The Balaban J connectivity index is 1.80. The number of aliphatic carboxylic acids is 1. The van der Waals surface area contributed by atoms with Gasteiger partial charge in [-0.1, -0.05) is 30.3 Å². The molecule has 0 bridgehead atoms. The highest BCUT2D eigenvalue weighted by Crippen LogP contribution is 2.12. The molecule has 0 saturated carbocycles. The Morgan fingerprint density at radius 2 is 1.75 bits per heavy atom. The Morgan fingerprint density at radius 1 is 1.08 bits per heavy atom. The molecule has 6 nitrogen and oxygen atoms in total. The molecule has 0 fully saturated rings. The number of ether oxygens (including phenoxy) is 1. The number of rotatable bonds is 9. The van der Waals surface area contributed by atoms with Crippen molar-refractivity contribution in [2.45, 2.75) is 18.6 Å². The van der Waals surface area contributed by atoms with E-state index in [2.05, 4.69) is 5.32 Å². The van der Waals surface area contributed by atoms with Gasteiger partial charge in [0.25, 0.3) is 0 Å². The Morgan fingerprint density at radius 3 is 2.38 bits per heavy atom. The fourth-order valence-electron chi connectivity index (χ4n) is 2.16. The summed E-state index contributed by atoms with van der Waals surface area (Å²) in [6.07, 6.45) is -0.575. The van der Waals surface area contributed by atoms with Gasteiger partial charge in [0.1, 0.15) is 30.3 Å². The van der Waals surface area contributed by atoms with Gasteiger partial charge in [-0.05, 0) is 36.2 Å². The molecule has 128 valence electrons. The number of hydrogen-bond donors (Lipinski definition) is 4. The van der Waals surface area contributed by atoms with Crippen molar-refractivity contribution < 1.29 is 24.9 Å². The lowest BCUT2D eigenvalue weighted by Crippen LogP contribution is -2.43. The molecule has 4 N–H and O–H groups in total. The standard InChI is InChI=1S/C18H21NO5/c20-14-8-6-13(7-9-14)10-17(18(22)23)19-11-15(21)12-24-16-4-2-1-3-5-16/h1-9,15,17,19-21H,10-12H2,(H,22,23)/t15-,17+/m1/s1. The van der Waals surface area contributed by atoms with Crippen LogP contribution in [-0.4, -0.2) is 46.6 Å². The molecule has 6 heteroatoms. The van der Waals surface area contributed by atoms with Gasteiger partial charge < -0.3 is 25.4 Å². The average Bonchev–Trinajstić information content (AvgIpc) is 2.59. The highest BCUT2D eigenvalue weighted by molar-refractivity contribution is 5.73. The fourth-order valence-corrected chi connectivity index (χ4v) is 2.16. The highest BCUT2D eigenvalue weighted by Gasteiger charge is 2.19. The molecule has 24 heavy (non-hydrogen) atoms. The van der Waals surface area contributed by atoms with E-state index in [0.717, 1.165) is 5.56 Å². The van der Waals surface area contributed by atoms with Crippen LogP contribution in [-0.2, 0) is 11.2 Å². The number of benzene rings is 2. The SMILES string of the molecule is O=C(O)[C@H](Cc1ccc(O)cc1)NC[C@@H](O)COc1ccccc1. The van der Waals surface area contributed by atoms with Crippen molar-refractivity contribution >= 4 is 5.97 Å². The second kappa shape index (κ2) is 8.90. The lowest BCUT2D eigenvalue weighted by Gasteiger charge is -2.18. The number of aliphatic hydroxyl groups is 1. The van der Waals surface area contributed by atoms with Crippen LogP contribution in [0.25, 0.3) is 0 Å². The van der Waals surface area contributed by atoms with Gasteiger partial charge in [0.2, 0.25) is 0 Å². The van der Waals surface area contributed by atoms with E-state index in [1.807, 2.05) is 18.2 Å². The van der Waals surface area contributed by atoms with E-state index in [-0.39, 0.29) is 25.3 Å². The molecule has 0 radical (unpaired) electrons. The maximum absolute atomic E-state index is 11.3. The van der Waals surface area contributed by atoms with E-state index < -0.39 is 18.1 Å². The van der Waals surface area contributed by atoms with Crippen molar-refractivity contribution in [1.29, 1.82) is 0 Å². The number of para-hydroxylation sites is 1. The summed E-state index contributed by atoms with van der Waals surface area (Å²) in [7, 11) is 0. The topological polar surface area (TPSA) is 99.0 Å². The smallest absolute Gasteiger partial charge is 0.321 e. The largest absolute Gasteiger partial charge is 0.508 e. The van der Waals surface area contributed by atoms with Crippen LogP contribution in [0.1, 0.15) is 5.56 Å². The van der Waals surface area contributed by atoms with Crippen LogP contribution < -0.4 is 10.1 Å². The Kier molecular flexibility index (Phi) is 6.60. The third kappa shape index (κ3) is 5.91. The van der Waals surface area contributed by atoms with Crippen LogP contribution in [0.5, 0.6) is 11.5 Å². The van der Waals surface area contributed by atoms with Gasteiger partial charge in [-0.3, -0.25) is 4.79 Å². The van der Waals surface area contributed by atoms with E-state index in [1.165, 1.54) is 12.1 Å². The summed E-state index contributed by atoms with van der Waals surface area (Å²) in [4.78, 5) is 11.3. The monoisotopic (exact) mass is 331 g/mol. The summed E-state index contributed by atoms with van der Waals surface area (Å²) in [5, 5.41) is 31.3. The molecule has 2 aromatic rings. The molecule has 2 atom stereocenters. The number of phenolic OH excluding ortho intramolecular Hbond substituents is 1. The molecule has 0 unspecified atom stereocenters. The van der Waals surface area contributed by atoms with E-state index in [0.29, 0.717) is 5.75 Å². The number of carboxylic acid groups (broad SMARTS) is 1. The predicted octanol–water partition coefficient (Wildman–Crippen LogP) is 1.42. The van der Waals surface area contributed by atoms with Crippen molar-refractivity contribution in [2.75, 3.05) is 13.2 Å². The number of aromatic hydroxyl groups is 1. The minimum atomic E-state index is -1.00. The lowest BCUT2D eigenvalue weighted by atomic mass is 10.1. The van der Waals surface area contributed by atoms with Gasteiger partial charge in [-0.2, -0.15) is 0 Å². The number of aliphatic hydroxyl groups excluding tert-OH is 1. The van der Waals surface area contributed by atoms with Crippen LogP contribution in [0.2, 0.25) is 0 Å². The van der Waals surface area contributed by atoms with Gasteiger partial charge in [-0.15, -0.1) is 0 Å². The van der Waals surface area contributed by atoms with Crippen LogP contribution in [0, 0.1) is 0 Å². The van der Waals surface area contributed by atoms with Gasteiger partial charge in [0, 0.05) is 6.54 Å². The second-order valence-corrected chi connectivity index (χ2v) is 5.45. The first-order chi connectivity index (χ1) is 11.5. The van der Waals surface area contributed by atoms with Gasteiger partial charge in [-0.25, -0.2) is 0 Å². The molecule has 2 aromatic carbocycles. The molecular formula is C18H21NO5. The number of nitrogens with one attached hydrogen (secondary N) is 1. The van der Waals surface area contributed by atoms with Crippen LogP contribution in [0.15, 0.2) is 54.6 Å². The maximum Gasteiger partial charge on any atom is 0.321 e. The number of carboxylic acids is 1. The fraction of sp³-hybridized carbons (Fsp3) is 0.278. The van der Waals surface area contributed by atoms with Crippen molar-refractivity contribution in [3.8, 4) is 11.5 Å². The van der Waals surface area contributed by atoms with Gasteiger partial charge in [0.15, 0.2) is 0 Å². The molecule has 2 rings (SSSR count). The van der Waals surface area contributed by atoms with Crippen LogP contribution in [0.4, 0.5) is 0 Å². The third-order valence-corrected chi connectivity index (χ3v) is 3.46. The summed E-state index contributed by atoms with van der Waals surface area (Å²) in [6.45, 7) is 0.171. The molecule has 0 aliphatic rings. The van der Waals surface area contributed by atoms with E-state index >= 15 is 0 Å². The first-order valence-corrected chi connectivity index (χ1v) is 7.64. The number of carbonyl (C=O) groups is 1. The minimum absolute atomic E-state index is 0.0720. The lowest BCUT2D eigenvalue weighted by molar-refractivity contribution is -0.139. The van der Waals surface area contributed by atoms with Crippen LogP contribution >= 0.6 is 0 Å². The van der Waals surface area contributed by atoms with E-state index in [1.54, 1.807) is 24.3 Å². The molecule has 0 aromatic heterocycles. The second-order valence-electron chi connectivity index (χ2n) is 5.45. The number of phenols is 1. The molecule has 0 amide bonds. The third-order valence-electron chi connectivity index (χ3n) is 3.46. The maximum atomic E-state index is 11.3. The predicted molar refractivity (Wildman–Crippen MR) is 89.2 cm³/mol. The molecule has 0 heterocycles. The van der Waals surface area contributed by atoms with Crippen molar-refractivity contribution in [3.63, 3.8) is 0 Å². The summed E-state index contributed by atoms with van der Waals surface area (Å²) >= 11 is 0. The van der Waals surface area contributed by atoms with E-state index in [4.69, 9.17) is 4.74 Å². The zero-order chi connectivity index (χ0) is 17.4. The van der Waals surface area contributed by atoms with Crippen molar-refractivity contribution in [3.05, 3.63) is 60.2 Å². The quantitative estimate of drug-likeness (QED) is 0.555. The Bertz CT molecular complexity index is 630. The summed E-state index contributed by atoms with van der Waals surface area (Å²) < 4.78 is 5.43. The Labute approximate surface area is 140 Å². The summed E-state index contributed by atoms with van der Waals surface area (Å²) in [6, 6.07) is 14.6. The van der Waals surface area contributed by atoms with Gasteiger partial charge >= 0.3 is 5.97 Å². The Hall–Kier alpha value is -2.57. The zero-order valence-corrected chi connectivity index (χ0v) is 13.1. The molecule has 0 saturated heterocycles. The van der Waals surface area contributed by atoms with Crippen molar-refractivity contribution in [1.82, 2.24) is 5.32 Å². The molecular weight excluding hydrogens is 310 g/mol. The zero-order valence-electron chi connectivity index (χ0n) is 13.1. The molecule has 0 aliphatic carbocycles. The average molecular weight is 331 g/mol. The van der Waals surface area contributed by atoms with Gasteiger partial charge in [0.05, 0.1) is 0 Å². The summed E-state index contributed by atoms with van der Waals surface area (Å²) in [5.74, 6) is -0.221. The first-order valence-electron chi connectivity index (χ1n) is 7.64. The normalized spacial score (nSPS) is 13.2. The first kappa shape index (κ1) is 17.8. The van der Waals surface area contributed by atoms with E-state index in [9.17, 15) is 20.1 Å². The molecule has 0 spiro atoms. The highest BCUT2D eigenvalue weighted by atomic mass is 16.5. The molecule has 0 aliphatic heterocycles. The van der Waals surface area contributed by atoms with Crippen LogP contribution in [0.3, 0.4) is 0 Å². The summed E-state index contributed by atoms with van der Waals surface area (Å²) in [5.41, 5.74) is 0.780.